The molecule has 0 saturated carbocycles. The number of nitrogens with zero attached hydrogens (tertiary/aromatic N) is 1. The van der Waals surface area contributed by atoms with Crippen LogP contribution in [0.5, 0.6) is 0 Å². The van der Waals surface area contributed by atoms with Gasteiger partial charge in [0.05, 0.1) is 0 Å². The van der Waals surface area contributed by atoms with Gasteiger partial charge in [0.2, 0.25) is 0 Å². The standard InChI is InChI=1S/C14H21N3O2/c1-17-9-3-5-12(14(17)19)13(18)16-8-6-11-4-2-7-15-10-11/h3,5,9,11,15H,2,4,6-8,10H2,1H3,(H,16,18). The Morgan fingerprint density at radius 1 is 1.58 bits per heavy atom. The summed E-state index contributed by atoms with van der Waals surface area (Å²) in [6, 6.07) is 3.28. The Labute approximate surface area is 113 Å². The summed E-state index contributed by atoms with van der Waals surface area (Å²) >= 11 is 0. The number of aryl methyl sites for hydroxylation is 1. The molecule has 1 unspecified atom stereocenters. The van der Waals surface area contributed by atoms with Crippen LogP contribution in [0, 0.1) is 5.92 Å². The van der Waals surface area contributed by atoms with Gasteiger partial charge in [-0.25, -0.2) is 0 Å². The molecule has 1 saturated heterocycles. The van der Waals surface area contributed by atoms with Crippen molar-refractivity contribution < 1.29 is 4.79 Å². The fraction of sp³-hybridized carbons (Fsp3) is 0.571. The highest BCUT2D eigenvalue weighted by atomic mass is 16.2. The van der Waals surface area contributed by atoms with E-state index >= 15 is 0 Å². The van der Waals surface area contributed by atoms with Crippen LogP contribution >= 0.6 is 0 Å². The minimum Gasteiger partial charge on any atom is -0.352 e. The lowest BCUT2D eigenvalue weighted by Gasteiger charge is -2.22. The zero-order valence-corrected chi connectivity index (χ0v) is 11.3. The van der Waals surface area contributed by atoms with Gasteiger partial charge in [0.25, 0.3) is 11.5 Å². The Hall–Kier alpha value is -1.62. The van der Waals surface area contributed by atoms with E-state index < -0.39 is 0 Å². The molecule has 1 amide bonds. The minimum atomic E-state index is -0.273. The van der Waals surface area contributed by atoms with Gasteiger partial charge in [-0.1, -0.05) is 0 Å². The van der Waals surface area contributed by atoms with Gasteiger partial charge in [0, 0.05) is 19.8 Å². The number of rotatable bonds is 4. The van der Waals surface area contributed by atoms with E-state index in [1.165, 1.54) is 17.4 Å². The highest BCUT2D eigenvalue weighted by Crippen LogP contribution is 2.12. The van der Waals surface area contributed by atoms with E-state index in [2.05, 4.69) is 10.6 Å². The monoisotopic (exact) mass is 263 g/mol. The third-order valence-corrected chi connectivity index (χ3v) is 3.61. The number of hydrogen-bond acceptors (Lipinski definition) is 3. The smallest absolute Gasteiger partial charge is 0.263 e. The van der Waals surface area contributed by atoms with Crippen molar-refractivity contribution in [2.75, 3.05) is 19.6 Å². The van der Waals surface area contributed by atoms with Crippen LogP contribution in [-0.4, -0.2) is 30.1 Å². The van der Waals surface area contributed by atoms with Crippen molar-refractivity contribution in [2.45, 2.75) is 19.3 Å². The van der Waals surface area contributed by atoms with Gasteiger partial charge in [-0.3, -0.25) is 9.59 Å². The molecule has 0 aromatic carbocycles. The molecule has 1 aromatic rings. The number of amides is 1. The van der Waals surface area contributed by atoms with E-state index in [1.807, 2.05) is 0 Å². The molecule has 1 aliphatic rings. The zero-order chi connectivity index (χ0) is 13.7. The van der Waals surface area contributed by atoms with Crippen LogP contribution in [-0.2, 0) is 7.05 Å². The van der Waals surface area contributed by atoms with Crippen LogP contribution in [0.2, 0.25) is 0 Å². The number of pyridine rings is 1. The predicted molar refractivity (Wildman–Crippen MR) is 74.2 cm³/mol. The molecule has 2 heterocycles. The summed E-state index contributed by atoms with van der Waals surface area (Å²) in [5.74, 6) is 0.359. The Kier molecular flexibility index (Phi) is 4.74. The van der Waals surface area contributed by atoms with Crippen molar-refractivity contribution in [2.24, 2.45) is 13.0 Å². The highest BCUT2D eigenvalue weighted by Gasteiger charge is 2.14. The summed E-state index contributed by atoms with van der Waals surface area (Å²) in [5, 5.41) is 6.19. The van der Waals surface area contributed by atoms with Crippen LogP contribution < -0.4 is 16.2 Å². The second kappa shape index (κ2) is 6.52. The third-order valence-electron chi connectivity index (χ3n) is 3.61. The van der Waals surface area contributed by atoms with E-state index in [1.54, 1.807) is 25.4 Å². The van der Waals surface area contributed by atoms with E-state index in [-0.39, 0.29) is 17.0 Å². The number of aromatic nitrogens is 1. The van der Waals surface area contributed by atoms with E-state index in [4.69, 9.17) is 0 Å². The van der Waals surface area contributed by atoms with Gasteiger partial charge in [-0.05, 0) is 50.4 Å². The lowest BCUT2D eigenvalue weighted by molar-refractivity contribution is 0.0948. The average Bonchev–Trinajstić information content (AvgIpc) is 2.43. The molecule has 104 valence electrons. The molecule has 0 radical (unpaired) electrons. The van der Waals surface area contributed by atoms with Gasteiger partial charge in [0.1, 0.15) is 5.56 Å². The number of piperidine rings is 1. The van der Waals surface area contributed by atoms with Gasteiger partial charge in [0.15, 0.2) is 0 Å². The molecule has 5 heteroatoms. The first-order valence-electron chi connectivity index (χ1n) is 6.83. The summed E-state index contributed by atoms with van der Waals surface area (Å²) < 4.78 is 1.42. The van der Waals surface area contributed by atoms with Crippen LogP contribution in [0.4, 0.5) is 0 Å². The molecule has 0 aliphatic carbocycles. The quantitative estimate of drug-likeness (QED) is 0.832. The Bertz CT molecular complexity index is 490. The van der Waals surface area contributed by atoms with E-state index in [0.717, 1.165) is 19.5 Å². The summed E-state index contributed by atoms with van der Waals surface area (Å²) in [6.45, 7) is 2.76. The Balaban J connectivity index is 1.84. The maximum absolute atomic E-state index is 11.9. The maximum atomic E-state index is 11.9. The van der Waals surface area contributed by atoms with Gasteiger partial charge in [-0.2, -0.15) is 0 Å². The number of nitrogens with one attached hydrogen (secondary N) is 2. The number of hydrogen-bond donors (Lipinski definition) is 2. The lowest BCUT2D eigenvalue weighted by atomic mass is 9.96. The second-order valence-corrected chi connectivity index (χ2v) is 5.09. The molecular formula is C14H21N3O2. The van der Waals surface area contributed by atoms with Crippen molar-refractivity contribution in [1.29, 1.82) is 0 Å². The van der Waals surface area contributed by atoms with Crippen LogP contribution in [0.15, 0.2) is 23.1 Å². The summed E-state index contributed by atoms with van der Waals surface area (Å²) in [7, 11) is 1.65. The molecule has 1 atom stereocenters. The molecular weight excluding hydrogens is 242 g/mol. The van der Waals surface area contributed by atoms with Crippen molar-refractivity contribution in [1.82, 2.24) is 15.2 Å². The third kappa shape index (κ3) is 3.67. The van der Waals surface area contributed by atoms with Gasteiger partial charge >= 0.3 is 0 Å². The molecule has 1 aliphatic heterocycles. The summed E-state index contributed by atoms with van der Waals surface area (Å²) in [4.78, 5) is 23.7. The van der Waals surface area contributed by atoms with E-state index in [9.17, 15) is 9.59 Å². The lowest BCUT2D eigenvalue weighted by Crippen LogP contribution is -2.35. The fourth-order valence-electron chi connectivity index (χ4n) is 2.43. The van der Waals surface area contributed by atoms with Crippen LogP contribution in [0.25, 0.3) is 0 Å². The first kappa shape index (κ1) is 13.8. The Morgan fingerprint density at radius 2 is 2.42 bits per heavy atom. The first-order valence-corrected chi connectivity index (χ1v) is 6.83. The molecule has 19 heavy (non-hydrogen) atoms. The molecule has 1 fully saturated rings. The fourth-order valence-corrected chi connectivity index (χ4v) is 2.43. The summed E-state index contributed by atoms with van der Waals surface area (Å²) in [6.07, 6.45) is 5.03. The normalized spacial score (nSPS) is 19.1. The second-order valence-electron chi connectivity index (χ2n) is 5.09. The molecule has 1 aromatic heterocycles. The van der Waals surface area contributed by atoms with Crippen LogP contribution in [0.3, 0.4) is 0 Å². The largest absolute Gasteiger partial charge is 0.352 e. The zero-order valence-electron chi connectivity index (χ0n) is 11.3. The topological polar surface area (TPSA) is 63.1 Å². The summed E-state index contributed by atoms with van der Waals surface area (Å²) in [5.41, 5.74) is -0.0360. The van der Waals surface area contributed by atoms with Gasteiger partial charge in [-0.15, -0.1) is 0 Å². The number of carbonyl (C=O) groups excluding carboxylic acids is 1. The Morgan fingerprint density at radius 3 is 3.16 bits per heavy atom. The van der Waals surface area contributed by atoms with E-state index in [0.29, 0.717) is 12.5 Å². The average molecular weight is 263 g/mol. The van der Waals surface area contributed by atoms with Crippen molar-refractivity contribution in [3.05, 3.63) is 34.2 Å². The minimum absolute atomic E-state index is 0.215. The van der Waals surface area contributed by atoms with Crippen molar-refractivity contribution >= 4 is 5.91 Å². The maximum Gasteiger partial charge on any atom is 0.263 e. The molecule has 0 bridgehead atoms. The SMILES string of the molecule is Cn1cccc(C(=O)NCCC2CCCNC2)c1=O. The molecule has 5 nitrogen and oxygen atoms in total. The van der Waals surface area contributed by atoms with Crippen LogP contribution in [0.1, 0.15) is 29.6 Å². The first-order chi connectivity index (χ1) is 9.18. The predicted octanol–water partition coefficient (Wildman–Crippen LogP) is 0.505. The number of carbonyl (C=O) groups is 1. The molecule has 2 N–H and O–H groups in total. The molecule has 2 rings (SSSR count). The molecule has 0 spiro atoms. The van der Waals surface area contributed by atoms with Crippen molar-refractivity contribution in [3.63, 3.8) is 0 Å². The van der Waals surface area contributed by atoms with Gasteiger partial charge < -0.3 is 15.2 Å². The highest BCUT2D eigenvalue weighted by molar-refractivity contribution is 5.93. The van der Waals surface area contributed by atoms with Crippen molar-refractivity contribution in [3.8, 4) is 0 Å².